The Labute approximate surface area is 112 Å². The summed E-state index contributed by atoms with van der Waals surface area (Å²) in [6, 6.07) is 7.98. The van der Waals surface area contributed by atoms with Crippen LogP contribution in [0.2, 0.25) is 0 Å². The third-order valence-corrected chi connectivity index (χ3v) is 4.13. The molecule has 0 bridgehead atoms. The van der Waals surface area contributed by atoms with Crippen LogP contribution in [-0.2, 0) is 19.5 Å². The Hall–Kier alpha value is -1.66. The van der Waals surface area contributed by atoms with Crippen LogP contribution in [0.3, 0.4) is 0 Å². The van der Waals surface area contributed by atoms with Gasteiger partial charge in [0.2, 0.25) is 0 Å². The third kappa shape index (κ3) is 3.65. The van der Waals surface area contributed by atoms with E-state index in [0.717, 1.165) is 24.3 Å². The Balaban J connectivity index is 2.07. The predicted octanol–water partition coefficient (Wildman–Crippen LogP) is 1.53. The summed E-state index contributed by atoms with van der Waals surface area (Å²) < 4.78 is 23.8. The second-order valence-electron chi connectivity index (χ2n) is 4.14. The van der Waals surface area contributed by atoms with Crippen LogP contribution in [0.5, 0.6) is 0 Å². The van der Waals surface area contributed by atoms with Crippen molar-refractivity contribution in [2.45, 2.75) is 17.7 Å². The minimum absolute atomic E-state index is 0.165. The lowest BCUT2D eigenvalue weighted by Gasteiger charge is -2.24. The Morgan fingerprint density at radius 2 is 1.95 bits per heavy atom. The number of nitrogens with zero attached hydrogens (tertiary/aromatic N) is 1. The van der Waals surface area contributed by atoms with Gasteiger partial charge < -0.3 is 0 Å². The molecule has 0 aliphatic carbocycles. The lowest BCUT2D eigenvalue weighted by Crippen LogP contribution is -2.34. The van der Waals surface area contributed by atoms with E-state index in [1.807, 2.05) is 0 Å². The Bertz CT molecular complexity index is 560. The summed E-state index contributed by atoms with van der Waals surface area (Å²) in [4.78, 5) is 17.0. The fourth-order valence-corrected chi connectivity index (χ4v) is 2.68. The van der Waals surface area contributed by atoms with Crippen molar-refractivity contribution < 1.29 is 18.0 Å². The molecule has 19 heavy (non-hydrogen) atoms. The quantitative estimate of drug-likeness (QED) is 0.788. The van der Waals surface area contributed by atoms with Crippen LogP contribution >= 0.6 is 0 Å². The number of rotatable bonds is 3. The minimum Gasteiger partial charge on any atom is -0.271 e. The van der Waals surface area contributed by atoms with Crippen LogP contribution in [0.25, 0.3) is 0 Å². The van der Waals surface area contributed by atoms with Crippen LogP contribution in [-0.4, -0.2) is 32.5 Å². The summed E-state index contributed by atoms with van der Waals surface area (Å²) >= 11 is 0. The topological polar surface area (TPSA) is 63.7 Å². The van der Waals surface area contributed by atoms with E-state index in [4.69, 9.17) is 4.84 Å². The van der Waals surface area contributed by atoms with Crippen molar-refractivity contribution >= 4 is 15.7 Å². The first kappa shape index (κ1) is 13.8. The molecular weight excluding hydrogens is 266 g/mol. The van der Waals surface area contributed by atoms with Crippen LogP contribution in [0.1, 0.15) is 12.8 Å². The first-order valence-corrected chi connectivity index (χ1v) is 7.57. The average molecular weight is 281 g/mol. The lowest BCUT2D eigenvalue weighted by molar-refractivity contribution is -0.191. The highest BCUT2D eigenvalue weighted by Crippen LogP contribution is 2.12. The van der Waals surface area contributed by atoms with Crippen molar-refractivity contribution in [3.05, 3.63) is 41.8 Å². The van der Waals surface area contributed by atoms with Gasteiger partial charge in [-0.1, -0.05) is 18.2 Å². The maximum Gasteiger partial charge on any atom is 0.270 e. The molecule has 102 valence electrons. The van der Waals surface area contributed by atoms with Crippen molar-refractivity contribution in [3.63, 3.8) is 0 Å². The average Bonchev–Trinajstić information content (AvgIpc) is 2.47. The predicted molar refractivity (Wildman–Crippen MR) is 69.7 cm³/mol. The standard InChI is InChI=1S/C13H15NO4S/c15-13(14-9-4-5-10-18-14)8-11-19(16,17)12-6-2-1-3-7-12/h1-3,6-8,11H,4-5,9-10H2/b11-8+. The maximum atomic E-state index is 11.9. The molecule has 0 atom stereocenters. The molecular formula is C13H15NO4S. The van der Waals surface area contributed by atoms with E-state index < -0.39 is 15.7 Å². The van der Waals surface area contributed by atoms with Gasteiger partial charge in [0.1, 0.15) is 0 Å². The fourth-order valence-electron chi connectivity index (χ4n) is 1.69. The normalized spacial score (nSPS) is 16.7. The summed E-state index contributed by atoms with van der Waals surface area (Å²) in [5.74, 6) is -0.445. The maximum absolute atomic E-state index is 11.9. The third-order valence-electron chi connectivity index (χ3n) is 2.71. The van der Waals surface area contributed by atoms with Gasteiger partial charge in [-0.15, -0.1) is 0 Å². The molecule has 1 saturated heterocycles. The van der Waals surface area contributed by atoms with Crippen molar-refractivity contribution in [2.24, 2.45) is 0 Å². The number of carbonyl (C=O) groups is 1. The highest BCUT2D eigenvalue weighted by molar-refractivity contribution is 7.94. The number of hydroxylamine groups is 2. The molecule has 0 N–H and O–H groups in total. The minimum atomic E-state index is -3.58. The molecule has 0 unspecified atom stereocenters. The zero-order chi connectivity index (χ0) is 13.7. The number of hydrogen-bond acceptors (Lipinski definition) is 4. The Morgan fingerprint density at radius 1 is 1.21 bits per heavy atom. The molecule has 0 spiro atoms. The summed E-state index contributed by atoms with van der Waals surface area (Å²) in [6.07, 6.45) is 2.81. The molecule has 1 fully saturated rings. The van der Waals surface area contributed by atoms with E-state index in [2.05, 4.69) is 0 Å². The summed E-state index contributed by atoms with van der Waals surface area (Å²) in [7, 11) is -3.58. The molecule has 5 nitrogen and oxygen atoms in total. The summed E-state index contributed by atoms with van der Waals surface area (Å²) in [5, 5.41) is 2.11. The molecule has 1 aromatic carbocycles. The highest BCUT2D eigenvalue weighted by atomic mass is 32.2. The first-order chi connectivity index (χ1) is 9.09. The Morgan fingerprint density at radius 3 is 2.58 bits per heavy atom. The molecule has 1 heterocycles. The van der Waals surface area contributed by atoms with Gasteiger partial charge in [-0.25, -0.2) is 13.5 Å². The van der Waals surface area contributed by atoms with Gasteiger partial charge in [-0.2, -0.15) is 0 Å². The zero-order valence-corrected chi connectivity index (χ0v) is 11.2. The van der Waals surface area contributed by atoms with Crippen molar-refractivity contribution in [2.75, 3.05) is 13.2 Å². The van der Waals surface area contributed by atoms with Crippen molar-refractivity contribution in [1.82, 2.24) is 5.06 Å². The number of carbonyl (C=O) groups excluding carboxylic acids is 1. The van der Waals surface area contributed by atoms with Crippen LogP contribution in [0, 0.1) is 0 Å². The molecule has 0 aromatic heterocycles. The Kier molecular flexibility index (Phi) is 4.34. The molecule has 2 rings (SSSR count). The molecule has 6 heteroatoms. The molecule has 1 aliphatic rings. The largest absolute Gasteiger partial charge is 0.271 e. The van der Waals surface area contributed by atoms with E-state index in [9.17, 15) is 13.2 Å². The van der Waals surface area contributed by atoms with E-state index in [0.29, 0.717) is 13.2 Å². The van der Waals surface area contributed by atoms with Gasteiger partial charge in [0.05, 0.1) is 11.5 Å². The molecule has 1 aromatic rings. The number of sulfone groups is 1. The van der Waals surface area contributed by atoms with Crippen LogP contribution in [0.15, 0.2) is 46.7 Å². The monoisotopic (exact) mass is 281 g/mol. The number of hydrogen-bond donors (Lipinski definition) is 0. The van der Waals surface area contributed by atoms with Gasteiger partial charge in [-0.3, -0.25) is 9.63 Å². The van der Waals surface area contributed by atoms with E-state index in [-0.39, 0.29) is 4.90 Å². The van der Waals surface area contributed by atoms with Crippen molar-refractivity contribution in [1.29, 1.82) is 0 Å². The molecule has 0 saturated carbocycles. The van der Waals surface area contributed by atoms with E-state index >= 15 is 0 Å². The van der Waals surface area contributed by atoms with Gasteiger partial charge in [0, 0.05) is 18.0 Å². The first-order valence-electron chi connectivity index (χ1n) is 6.02. The summed E-state index contributed by atoms with van der Waals surface area (Å²) in [5.41, 5.74) is 0. The second kappa shape index (κ2) is 5.99. The smallest absolute Gasteiger partial charge is 0.270 e. The fraction of sp³-hybridized carbons (Fsp3) is 0.308. The second-order valence-corrected chi connectivity index (χ2v) is 5.98. The summed E-state index contributed by atoms with van der Waals surface area (Å²) in [6.45, 7) is 0.986. The SMILES string of the molecule is O=C(/C=C/S(=O)(=O)c1ccccc1)N1CCCCO1. The van der Waals surface area contributed by atoms with E-state index in [1.54, 1.807) is 18.2 Å². The van der Waals surface area contributed by atoms with Crippen LogP contribution in [0.4, 0.5) is 0 Å². The van der Waals surface area contributed by atoms with Gasteiger partial charge in [0.15, 0.2) is 9.84 Å². The lowest BCUT2D eigenvalue weighted by atomic mass is 10.3. The van der Waals surface area contributed by atoms with Gasteiger partial charge in [-0.05, 0) is 25.0 Å². The van der Waals surface area contributed by atoms with Gasteiger partial charge >= 0.3 is 0 Å². The number of amides is 1. The molecule has 1 amide bonds. The zero-order valence-electron chi connectivity index (χ0n) is 10.4. The number of benzene rings is 1. The van der Waals surface area contributed by atoms with Gasteiger partial charge in [0.25, 0.3) is 5.91 Å². The van der Waals surface area contributed by atoms with Crippen LogP contribution < -0.4 is 0 Å². The molecule has 0 radical (unpaired) electrons. The highest BCUT2D eigenvalue weighted by Gasteiger charge is 2.17. The van der Waals surface area contributed by atoms with E-state index in [1.165, 1.54) is 17.2 Å². The van der Waals surface area contributed by atoms with Crippen molar-refractivity contribution in [3.8, 4) is 0 Å². The molecule has 1 aliphatic heterocycles.